The number of carbonyl (C=O) groups excluding carboxylic acids is 1. The van der Waals surface area contributed by atoms with Crippen molar-refractivity contribution >= 4 is 32.7 Å². The third kappa shape index (κ3) is 2.97. The topological polar surface area (TPSA) is 81.0 Å². The van der Waals surface area contributed by atoms with Crippen molar-refractivity contribution in [1.29, 1.82) is 0 Å². The predicted octanol–water partition coefficient (Wildman–Crippen LogP) is 0.977. The van der Waals surface area contributed by atoms with Gasteiger partial charge in [0, 0.05) is 7.05 Å². The van der Waals surface area contributed by atoms with E-state index >= 15 is 0 Å². The van der Waals surface area contributed by atoms with Crippen LogP contribution in [0.2, 0.25) is 0 Å². The number of carboxylic acids is 1. The summed E-state index contributed by atoms with van der Waals surface area (Å²) in [5.41, 5.74) is 0.856. The highest BCUT2D eigenvalue weighted by Gasteiger charge is 2.01. The van der Waals surface area contributed by atoms with E-state index in [1.807, 2.05) is 24.3 Å². The monoisotopic (exact) mass is 249 g/mol. The van der Waals surface area contributed by atoms with Crippen LogP contribution in [-0.4, -0.2) is 29.6 Å². The Balaban J connectivity index is 2.12. The van der Waals surface area contributed by atoms with Crippen molar-refractivity contribution in [3.63, 3.8) is 0 Å². The van der Waals surface area contributed by atoms with E-state index < -0.39 is 5.97 Å². The fourth-order valence-corrected chi connectivity index (χ4v) is 2.02. The molecular weight excluding hydrogens is 240 g/mol. The van der Waals surface area contributed by atoms with Gasteiger partial charge in [0.1, 0.15) is 0 Å². The maximum Gasteiger partial charge on any atom is 0.232 e. The number of para-hydroxylation sites is 1. The number of rotatable bonds is 4. The van der Waals surface area contributed by atoms with Crippen LogP contribution in [-0.2, 0) is 4.79 Å². The quantitative estimate of drug-likeness (QED) is 0.597. The Morgan fingerprint density at radius 3 is 3.00 bits per heavy atom. The molecule has 0 atom stereocenters. The van der Waals surface area contributed by atoms with E-state index in [-0.39, 0.29) is 6.54 Å². The minimum Gasteiger partial charge on any atom is -0.548 e. The second kappa shape index (κ2) is 4.88. The number of hydrogen-bond acceptors (Lipinski definition) is 6. The van der Waals surface area contributed by atoms with Gasteiger partial charge in [-0.15, -0.1) is 5.11 Å². The molecule has 0 aliphatic heterocycles. The molecule has 0 unspecified atom stereocenters. The summed E-state index contributed by atoms with van der Waals surface area (Å²) in [6.07, 6.45) is 0. The van der Waals surface area contributed by atoms with Gasteiger partial charge in [0.05, 0.1) is 22.7 Å². The molecule has 6 nitrogen and oxygen atoms in total. The highest BCUT2D eigenvalue weighted by Crippen LogP contribution is 2.27. The molecule has 2 aromatic rings. The van der Waals surface area contributed by atoms with Gasteiger partial charge < -0.3 is 9.90 Å². The van der Waals surface area contributed by atoms with E-state index in [2.05, 4.69) is 15.3 Å². The molecule has 0 fully saturated rings. The molecule has 1 heterocycles. The van der Waals surface area contributed by atoms with Crippen LogP contribution in [0, 0.1) is 0 Å². The zero-order chi connectivity index (χ0) is 12.3. The normalized spacial score (nSPS) is 11.1. The molecule has 1 aromatic carbocycles. The summed E-state index contributed by atoms with van der Waals surface area (Å²) in [5.74, 6) is -1.20. The van der Waals surface area contributed by atoms with Crippen LogP contribution in [0.1, 0.15) is 0 Å². The Labute approximate surface area is 101 Å². The van der Waals surface area contributed by atoms with Gasteiger partial charge in [0.2, 0.25) is 5.13 Å². The van der Waals surface area contributed by atoms with Gasteiger partial charge in [0.15, 0.2) is 0 Å². The average molecular weight is 249 g/mol. The first-order valence-electron chi connectivity index (χ1n) is 4.83. The Morgan fingerprint density at radius 1 is 1.53 bits per heavy atom. The molecule has 2 rings (SSSR count). The van der Waals surface area contributed by atoms with E-state index in [0.717, 1.165) is 10.2 Å². The van der Waals surface area contributed by atoms with Crippen LogP contribution < -0.4 is 5.11 Å². The van der Waals surface area contributed by atoms with E-state index in [1.54, 1.807) is 0 Å². The third-order valence-corrected chi connectivity index (χ3v) is 2.84. The number of nitrogens with zero attached hydrogens (tertiary/aromatic N) is 4. The van der Waals surface area contributed by atoms with Crippen molar-refractivity contribution in [1.82, 2.24) is 9.99 Å². The number of hydrogen-bond donors (Lipinski definition) is 0. The Kier molecular flexibility index (Phi) is 3.29. The lowest BCUT2D eigenvalue weighted by atomic mass is 10.3. The lowest BCUT2D eigenvalue weighted by molar-refractivity contribution is -0.306. The molecule has 7 heteroatoms. The van der Waals surface area contributed by atoms with Crippen molar-refractivity contribution in [2.75, 3.05) is 13.6 Å². The van der Waals surface area contributed by atoms with Gasteiger partial charge >= 0.3 is 0 Å². The second-order valence-corrected chi connectivity index (χ2v) is 4.35. The number of fused-ring (bicyclic) bond motifs is 1. The number of benzene rings is 1. The largest absolute Gasteiger partial charge is 0.548 e. The molecule has 0 N–H and O–H groups in total. The van der Waals surface area contributed by atoms with Gasteiger partial charge in [-0.3, -0.25) is 5.01 Å². The molecule has 0 spiro atoms. The maximum atomic E-state index is 10.3. The summed E-state index contributed by atoms with van der Waals surface area (Å²) in [6.45, 7) is -0.297. The molecule has 0 aliphatic rings. The summed E-state index contributed by atoms with van der Waals surface area (Å²) in [6, 6.07) is 7.64. The fraction of sp³-hybridized carbons (Fsp3) is 0.200. The molecule has 0 amide bonds. The molecule has 0 bridgehead atoms. The lowest BCUT2D eigenvalue weighted by Crippen LogP contribution is -2.33. The van der Waals surface area contributed by atoms with Gasteiger partial charge in [-0.2, -0.15) is 0 Å². The minimum atomic E-state index is -1.20. The summed E-state index contributed by atoms with van der Waals surface area (Å²) in [7, 11) is 1.51. The number of thiazole rings is 1. The molecule has 0 radical (unpaired) electrons. The van der Waals surface area contributed by atoms with Crippen molar-refractivity contribution in [2.24, 2.45) is 10.3 Å². The standard InChI is InChI=1S/C10H10N4O2S/c1-14(6-9(15)16)13-12-10-11-7-4-2-3-5-8(7)17-10/h2-5H,6H2,1H3,(H,15,16)/p-1/b13-12+. The number of carboxylic acid groups (broad SMARTS) is 1. The number of aliphatic carboxylic acids is 1. The first-order chi connectivity index (χ1) is 8.15. The summed E-state index contributed by atoms with van der Waals surface area (Å²) < 4.78 is 1.02. The van der Waals surface area contributed by atoms with Crippen molar-refractivity contribution < 1.29 is 9.90 Å². The molecule has 1 aromatic heterocycles. The number of carbonyl (C=O) groups is 1. The van der Waals surface area contributed by atoms with E-state index in [1.165, 1.54) is 23.4 Å². The van der Waals surface area contributed by atoms with E-state index in [0.29, 0.717) is 5.13 Å². The van der Waals surface area contributed by atoms with Crippen LogP contribution >= 0.6 is 11.3 Å². The molecular formula is C10H9N4O2S-. The summed E-state index contributed by atoms with van der Waals surface area (Å²) in [5, 5.41) is 19.6. The zero-order valence-corrected chi connectivity index (χ0v) is 9.85. The van der Waals surface area contributed by atoms with Crippen LogP contribution in [0.3, 0.4) is 0 Å². The zero-order valence-electron chi connectivity index (χ0n) is 9.03. The van der Waals surface area contributed by atoms with Crippen LogP contribution in [0.4, 0.5) is 5.13 Å². The molecule has 88 valence electrons. The van der Waals surface area contributed by atoms with Crippen LogP contribution in [0.25, 0.3) is 10.2 Å². The Morgan fingerprint density at radius 2 is 2.29 bits per heavy atom. The molecule has 0 aliphatic carbocycles. The van der Waals surface area contributed by atoms with Gasteiger partial charge in [-0.25, -0.2) is 4.98 Å². The SMILES string of the molecule is CN(CC(=O)[O-])/N=N/c1nc2ccccc2s1. The average Bonchev–Trinajstić information content (AvgIpc) is 2.68. The van der Waals surface area contributed by atoms with E-state index in [4.69, 9.17) is 0 Å². The van der Waals surface area contributed by atoms with Crippen LogP contribution in [0.5, 0.6) is 0 Å². The van der Waals surface area contributed by atoms with Crippen molar-refractivity contribution in [3.8, 4) is 0 Å². The Hall–Kier alpha value is -2.02. The fourth-order valence-electron chi connectivity index (χ4n) is 1.24. The summed E-state index contributed by atoms with van der Waals surface area (Å²) in [4.78, 5) is 14.5. The van der Waals surface area contributed by atoms with Crippen LogP contribution in [0.15, 0.2) is 34.6 Å². The van der Waals surface area contributed by atoms with Gasteiger partial charge in [-0.05, 0) is 12.1 Å². The number of likely N-dealkylation sites (N-methyl/N-ethyl adjacent to an activating group) is 1. The number of aromatic nitrogens is 1. The van der Waals surface area contributed by atoms with Crippen molar-refractivity contribution in [2.45, 2.75) is 0 Å². The predicted molar refractivity (Wildman–Crippen MR) is 61.8 cm³/mol. The Bertz CT molecular complexity index is 533. The maximum absolute atomic E-state index is 10.3. The van der Waals surface area contributed by atoms with Gasteiger partial charge in [-0.1, -0.05) is 28.7 Å². The first kappa shape index (κ1) is 11.5. The van der Waals surface area contributed by atoms with E-state index in [9.17, 15) is 9.90 Å². The molecule has 0 saturated heterocycles. The highest BCUT2D eigenvalue weighted by atomic mass is 32.1. The summed E-state index contributed by atoms with van der Waals surface area (Å²) >= 11 is 1.40. The highest BCUT2D eigenvalue weighted by molar-refractivity contribution is 7.21. The van der Waals surface area contributed by atoms with Gasteiger partial charge in [0.25, 0.3) is 0 Å². The first-order valence-corrected chi connectivity index (χ1v) is 5.65. The smallest absolute Gasteiger partial charge is 0.232 e. The minimum absolute atomic E-state index is 0.297. The van der Waals surface area contributed by atoms with Crippen molar-refractivity contribution in [3.05, 3.63) is 24.3 Å². The molecule has 0 saturated carbocycles. The molecule has 17 heavy (non-hydrogen) atoms. The lowest BCUT2D eigenvalue weighted by Gasteiger charge is -2.10. The third-order valence-electron chi connectivity index (χ3n) is 1.92. The second-order valence-electron chi connectivity index (χ2n) is 3.34.